The summed E-state index contributed by atoms with van der Waals surface area (Å²) in [7, 11) is 2.57. The topological polar surface area (TPSA) is 81.1 Å². The number of rotatable bonds is 10. The first-order chi connectivity index (χ1) is 16.5. The highest BCUT2D eigenvalue weighted by molar-refractivity contribution is 5.42. The Labute approximate surface area is 198 Å². The molecule has 0 amide bonds. The summed E-state index contributed by atoms with van der Waals surface area (Å²) in [4.78, 5) is 14.7. The molecule has 2 heterocycles. The third-order valence-corrected chi connectivity index (χ3v) is 5.31. The van der Waals surface area contributed by atoms with Gasteiger partial charge in [0.1, 0.15) is 12.4 Å². The zero-order chi connectivity index (χ0) is 24.5. The number of nitrogens with one attached hydrogen (secondary N) is 1. The van der Waals surface area contributed by atoms with Crippen LogP contribution in [0.3, 0.4) is 0 Å². The van der Waals surface area contributed by atoms with E-state index in [1.54, 1.807) is 0 Å². The molecule has 1 aliphatic heterocycles. The number of aliphatic imine (C=N–C) groups is 1. The van der Waals surface area contributed by atoms with E-state index in [1.807, 2.05) is 19.1 Å². The summed E-state index contributed by atoms with van der Waals surface area (Å²) in [6.07, 6.45) is 10.2. The van der Waals surface area contributed by atoms with Gasteiger partial charge in [-0.1, -0.05) is 0 Å². The van der Waals surface area contributed by atoms with Crippen LogP contribution in [-0.2, 0) is 6.61 Å². The Hall–Kier alpha value is -3.69. The summed E-state index contributed by atoms with van der Waals surface area (Å²) >= 11 is 0. The van der Waals surface area contributed by atoms with Crippen molar-refractivity contribution in [3.8, 4) is 17.2 Å². The van der Waals surface area contributed by atoms with E-state index in [1.165, 1.54) is 33.0 Å². The number of methoxy groups -OCH3 is 2. The van der Waals surface area contributed by atoms with E-state index in [2.05, 4.69) is 31.9 Å². The van der Waals surface area contributed by atoms with Crippen molar-refractivity contribution in [2.24, 2.45) is 4.99 Å². The standard InChI is InChI=1S/C24H29F2N5O3/c1-16(8-9-21(27-2)31-10-6-5-7-11-31)30-24-28-13-17(14-29-24)34-15-18-22(25)19(32-3)12-20(33-4)23(18)26/h8-9,12-14H,2,5-7,10-11,15H2,1,3-4H3,(H,28,29,30)/b16-8+,21-9+. The van der Waals surface area contributed by atoms with Crippen molar-refractivity contribution in [2.75, 3.05) is 32.6 Å². The van der Waals surface area contributed by atoms with E-state index in [0.717, 1.165) is 43.5 Å². The molecule has 10 heteroatoms. The minimum Gasteiger partial charge on any atom is -0.494 e. The molecule has 1 saturated heterocycles. The van der Waals surface area contributed by atoms with Crippen molar-refractivity contribution < 1.29 is 23.0 Å². The van der Waals surface area contributed by atoms with E-state index in [0.29, 0.717) is 5.95 Å². The Bertz CT molecular complexity index is 1020. The number of nitrogens with zero attached hydrogens (tertiary/aromatic N) is 4. The molecule has 0 radical (unpaired) electrons. The molecule has 0 spiro atoms. The van der Waals surface area contributed by atoms with Crippen LogP contribution >= 0.6 is 0 Å². The fraction of sp³-hybridized carbons (Fsp3) is 0.375. The van der Waals surface area contributed by atoms with Gasteiger partial charge in [-0.3, -0.25) is 0 Å². The summed E-state index contributed by atoms with van der Waals surface area (Å²) in [5, 5.41) is 3.08. The van der Waals surface area contributed by atoms with Crippen LogP contribution in [0.1, 0.15) is 31.7 Å². The van der Waals surface area contributed by atoms with Crippen LogP contribution in [0, 0.1) is 11.6 Å². The van der Waals surface area contributed by atoms with Gasteiger partial charge in [0.2, 0.25) is 5.95 Å². The van der Waals surface area contributed by atoms with Gasteiger partial charge in [0.25, 0.3) is 0 Å². The lowest BCUT2D eigenvalue weighted by Crippen LogP contribution is -2.28. The third kappa shape index (κ3) is 6.21. The molecular formula is C24H29F2N5O3. The van der Waals surface area contributed by atoms with Gasteiger partial charge in [-0.25, -0.2) is 23.7 Å². The molecule has 3 rings (SSSR count). The summed E-state index contributed by atoms with van der Waals surface area (Å²) in [6.45, 7) is 7.11. The predicted molar refractivity (Wildman–Crippen MR) is 126 cm³/mol. The quantitative estimate of drug-likeness (QED) is 0.396. The molecule has 1 aliphatic rings. The molecule has 1 aromatic heterocycles. The first-order valence-electron chi connectivity index (χ1n) is 10.9. The molecule has 8 nitrogen and oxygen atoms in total. The van der Waals surface area contributed by atoms with Crippen molar-refractivity contribution in [3.05, 3.63) is 59.3 Å². The highest BCUT2D eigenvalue weighted by atomic mass is 19.1. The molecular weight excluding hydrogens is 444 g/mol. The van der Waals surface area contributed by atoms with Crippen LogP contribution in [-0.4, -0.2) is 48.9 Å². The zero-order valence-corrected chi connectivity index (χ0v) is 19.6. The lowest BCUT2D eigenvalue weighted by atomic mass is 10.1. The Balaban J connectivity index is 1.63. The van der Waals surface area contributed by atoms with Gasteiger partial charge in [0.15, 0.2) is 28.9 Å². The van der Waals surface area contributed by atoms with Crippen molar-refractivity contribution in [1.29, 1.82) is 0 Å². The average Bonchev–Trinajstić information content (AvgIpc) is 2.86. The summed E-state index contributed by atoms with van der Waals surface area (Å²) in [5.74, 6) is -0.562. The fourth-order valence-corrected chi connectivity index (χ4v) is 3.47. The van der Waals surface area contributed by atoms with E-state index in [-0.39, 0.29) is 29.4 Å². The van der Waals surface area contributed by atoms with Gasteiger partial charge < -0.3 is 24.4 Å². The summed E-state index contributed by atoms with van der Waals surface area (Å²) < 4.78 is 44.3. The highest BCUT2D eigenvalue weighted by Crippen LogP contribution is 2.32. The zero-order valence-electron chi connectivity index (χ0n) is 19.6. The number of aromatic nitrogens is 2. The SMILES string of the molecule is C=N/C(=C\C=C(/C)Nc1ncc(OCc2c(F)c(OC)cc(OC)c2F)cn1)N1CCCCC1. The number of allylic oxidation sites excluding steroid dienone is 3. The minimum atomic E-state index is -0.855. The summed E-state index contributed by atoms with van der Waals surface area (Å²) in [5.41, 5.74) is 0.490. The van der Waals surface area contributed by atoms with Crippen molar-refractivity contribution in [3.63, 3.8) is 0 Å². The van der Waals surface area contributed by atoms with Gasteiger partial charge in [0, 0.05) is 24.9 Å². The number of likely N-dealkylation sites (tertiary alicyclic amines) is 1. The Morgan fingerprint density at radius 1 is 1.09 bits per heavy atom. The molecule has 182 valence electrons. The third-order valence-electron chi connectivity index (χ3n) is 5.31. The van der Waals surface area contributed by atoms with Crippen molar-refractivity contribution in [1.82, 2.24) is 14.9 Å². The number of anilines is 1. The van der Waals surface area contributed by atoms with E-state index in [4.69, 9.17) is 14.2 Å². The molecule has 1 N–H and O–H groups in total. The van der Waals surface area contributed by atoms with Gasteiger partial charge in [0.05, 0.1) is 32.2 Å². The second kappa shape index (κ2) is 12.0. The van der Waals surface area contributed by atoms with Gasteiger partial charge in [-0.15, -0.1) is 0 Å². The maximum atomic E-state index is 14.5. The number of hydrogen-bond donors (Lipinski definition) is 1. The number of halogens is 2. The minimum absolute atomic E-state index is 0.140. The maximum absolute atomic E-state index is 14.5. The molecule has 1 fully saturated rings. The molecule has 0 unspecified atom stereocenters. The number of hydrogen-bond acceptors (Lipinski definition) is 8. The van der Waals surface area contributed by atoms with Crippen LogP contribution in [0.15, 0.2) is 47.1 Å². The van der Waals surface area contributed by atoms with Gasteiger partial charge in [-0.05, 0) is 45.1 Å². The van der Waals surface area contributed by atoms with Crippen LogP contribution in [0.25, 0.3) is 0 Å². The molecule has 0 bridgehead atoms. The monoisotopic (exact) mass is 473 g/mol. The Morgan fingerprint density at radius 3 is 2.26 bits per heavy atom. The first-order valence-corrected chi connectivity index (χ1v) is 10.9. The smallest absolute Gasteiger partial charge is 0.227 e. The van der Waals surface area contributed by atoms with Crippen molar-refractivity contribution >= 4 is 12.7 Å². The van der Waals surface area contributed by atoms with Gasteiger partial charge in [-0.2, -0.15) is 0 Å². The molecule has 2 aromatic rings. The van der Waals surface area contributed by atoms with Crippen LogP contribution < -0.4 is 19.5 Å². The predicted octanol–water partition coefficient (Wildman–Crippen LogP) is 4.69. The fourth-order valence-electron chi connectivity index (χ4n) is 3.47. The molecule has 0 saturated carbocycles. The number of piperidine rings is 1. The molecule has 1 aromatic carbocycles. The van der Waals surface area contributed by atoms with Crippen LogP contribution in [0.5, 0.6) is 17.2 Å². The van der Waals surface area contributed by atoms with E-state index < -0.39 is 11.6 Å². The average molecular weight is 474 g/mol. The molecule has 0 aliphatic carbocycles. The second-order valence-electron chi connectivity index (χ2n) is 7.62. The highest BCUT2D eigenvalue weighted by Gasteiger charge is 2.20. The second-order valence-corrected chi connectivity index (χ2v) is 7.62. The lowest BCUT2D eigenvalue weighted by Gasteiger charge is -2.28. The first kappa shape index (κ1) is 24.9. The maximum Gasteiger partial charge on any atom is 0.227 e. The van der Waals surface area contributed by atoms with Crippen molar-refractivity contribution in [2.45, 2.75) is 32.8 Å². The number of benzene rings is 1. The van der Waals surface area contributed by atoms with Crippen LogP contribution in [0.2, 0.25) is 0 Å². The lowest BCUT2D eigenvalue weighted by molar-refractivity contribution is 0.280. The number of ether oxygens (including phenoxy) is 3. The molecule has 0 atom stereocenters. The normalized spacial score (nSPS) is 14.6. The van der Waals surface area contributed by atoms with E-state index >= 15 is 0 Å². The molecule has 34 heavy (non-hydrogen) atoms. The Morgan fingerprint density at radius 2 is 1.71 bits per heavy atom. The van der Waals surface area contributed by atoms with E-state index in [9.17, 15) is 8.78 Å². The Kier molecular flexibility index (Phi) is 8.78. The van der Waals surface area contributed by atoms with Gasteiger partial charge >= 0.3 is 0 Å². The summed E-state index contributed by atoms with van der Waals surface area (Å²) in [6, 6.07) is 1.14. The van der Waals surface area contributed by atoms with Crippen LogP contribution in [0.4, 0.5) is 14.7 Å². The largest absolute Gasteiger partial charge is 0.494 e.